The number of anilines is 1. The highest BCUT2D eigenvalue weighted by molar-refractivity contribution is 7.98. The molecule has 4 rings (SSSR count). The maximum absolute atomic E-state index is 12.3. The minimum atomic E-state index is -0.507. The third kappa shape index (κ3) is 4.11. The highest BCUT2D eigenvalue weighted by Crippen LogP contribution is 2.31. The summed E-state index contributed by atoms with van der Waals surface area (Å²) in [5, 5.41) is 4.04. The summed E-state index contributed by atoms with van der Waals surface area (Å²) in [5.41, 5.74) is 4.83. The van der Waals surface area contributed by atoms with Crippen LogP contribution in [-0.2, 0) is 11.3 Å². The largest absolute Gasteiger partial charge is 0.464 e. The van der Waals surface area contributed by atoms with Crippen LogP contribution in [0, 0.1) is 0 Å². The average Bonchev–Trinajstić information content (AvgIpc) is 2.82. The lowest BCUT2D eigenvalue weighted by Crippen LogP contribution is -2.09. The maximum Gasteiger partial charge on any atom is 0.356 e. The van der Waals surface area contributed by atoms with Crippen LogP contribution in [0.2, 0.25) is 0 Å². The Labute approximate surface area is 178 Å². The van der Waals surface area contributed by atoms with Crippen molar-refractivity contribution >= 4 is 34.5 Å². The van der Waals surface area contributed by atoms with Crippen molar-refractivity contribution in [2.24, 2.45) is 0 Å². The quantitative estimate of drug-likeness (QED) is 0.274. The van der Waals surface area contributed by atoms with Crippen LogP contribution >= 0.6 is 11.8 Å². The predicted octanol–water partition coefficient (Wildman–Crippen LogP) is 4.81. The molecule has 6 nitrogen and oxygen atoms in total. The van der Waals surface area contributed by atoms with E-state index in [1.165, 1.54) is 18.9 Å². The third-order valence-corrected chi connectivity index (χ3v) is 5.13. The third-order valence-electron chi connectivity index (χ3n) is 4.58. The number of benzene rings is 2. The van der Waals surface area contributed by atoms with E-state index < -0.39 is 5.97 Å². The SMILES string of the molecule is COC(=O)c1cc(NCc2ccccc2)c2nc(SC)nc(-c3ccccc3)c2n1. The van der Waals surface area contributed by atoms with Crippen molar-refractivity contribution in [1.29, 1.82) is 0 Å². The Morgan fingerprint density at radius 2 is 1.67 bits per heavy atom. The molecule has 150 valence electrons. The zero-order valence-electron chi connectivity index (χ0n) is 16.6. The highest BCUT2D eigenvalue weighted by atomic mass is 32.2. The van der Waals surface area contributed by atoms with Gasteiger partial charge in [-0.1, -0.05) is 72.4 Å². The molecule has 0 unspecified atom stereocenters. The topological polar surface area (TPSA) is 77.0 Å². The molecule has 0 aliphatic heterocycles. The predicted molar refractivity (Wildman–Crippen MR) is 120 cm³/mol. The molecule has 7 heteroatoms. The van der Waals surface area contributed by atoms with E-state index in [0.717, 1.165) is 11.1 Å². The number of pyridine rings is 1. The smallest absolute Gasteiger partial charge is 0.356 e. The lowest BCUT2D eigenvalue weighted by Gasteiger charge is -2.14. The summed E-state index contributed by atoms with van der Waals surface area (Å²) in [7, 11) is 1.34. The number of hydrogen-bond acceptors (Lipinski definition) is 7. The number of thioether (sulfide) groups is 1. The fourth-order valence-electron chi connectivity index (χ4n) is 3.11. The fraction of sp³-hybridized carbons (Fsp3) is 0.130. The zero-order chi connectivity index (χ0) is 20.9. The Morgan fingerprint density at radius 3 is 2.33 bits per heavy atom. The van der Waals surface area contributed by atoms with Crippen LogP contribution in [-0.4, -0.2) is 34.3 Å². The molecule has 2 aromatic carbocycles. The van der Waals surface area contributed by atoms with Crippen molar-refractivity contribution in [2.45, 2.75) is 11.7 Å². The summed E-state index contributed by atoms with van der Waals surface area (Å²) in [5.74, 6) is -0.507. The Balaban J connectivity index is 1.91. The normalized spacial score (nSPS) is 10.7. The maximum atomic E-state index is 12.3. The van der Waals surface area contributed by atoms with Crippen molar-refractivity contribution < 1.29 is 9.53 Å². The van der Waals surface area contributed by atoms with Crippen molar-refractivity contribution in [2.75, 3.05) is 18.7 Å². The number of nitrogens with zero attached hydrogens (tertiary/aromatic N) is 3. The molecule has 30 heavy (non-hydrogen) atoms. The molecule has 0 aliphatic carbocycles. The summed E-state index contributed by atoms with van der Waals surface area (Å²) >= 11 is 1.46. The molecule has 0 bridgehead atoms. The molecule has 0 atom stereocenters. The summed E-state index contributed by atoms with van der Waals surface area (Å²) in [6.07, 6.45) is 1.93. The van der Waals surface area contributed by atoms with Crippen LogP contribution in [0.4, 0.5) is 5.69 Å². The Bertz CT molecular complexity index is 1180. The van der Waals surface area contributed by atoms with Crippen LogP contribution in [0.1, 0.15) is 16.1 Å². The van der Waals surface area contributed by atoms with Gasteiger partial charge >= 0.3 is 5.97 Å². The zero-order valence-corrected chi connectivity index (χ0v) is 17.4. The van der Waals surface area contributed by atoms with Crippen molar-refractivity contribution in [3.63, 3.8) is 0 Å². The van der Waals surface area contributed by atoms with Crippen LogP contribution in [0.3, 0.4) is 0 Å². The van der Waals surface area contributed by atoms with E-state index in [1.807, 2.05) is 66.9 Å². The molecule has 2 aromatic heterocycles. The van der Waals surface area contributed by atoms with E-state index in [9.17, 15) is 4.79 Å². The standard InChI is InChI=1S/C23H20N4O2S/c1-29-22(28)18-13-17(24-14-15-9-5-3-6-10-15)20-21(25-18)19(26-23(27-20)30-2)16-11-7-4-8-12-16/h3-13H,14H2,1-2H3,(H,24,25). The van der Waals surface area contributed by atoms with Crippen LogP contribution in [0.5, 0.6) is 0 Å². The molecule has 4 aromatic rings. The number of esters is 1. The Hall–Kier alpha value is -3.45. The van der Waals surface area contributed by atoms with Crippen LogP contribution < -0.4 is 5.32 Å². The molecule has 0 spiro atoms. The molecular weight excluding hydrogens is 396 g/mol. The van der Waals surface area contributed by atoms with Gasteiger partial charge in [-0.25, -0.2) is 19.7 Å². The first-order valence-corrected chi connectivity index (χ1v) is 10.6. The van der Waals surface area contributed by atoms with Gasteiger partial charge in [0.2, 0.25) is 0 Å². The van der Waals surface area contributed by atoms with E-state index in [1.54, 1.807) is 6.07 Å². The molecule has 0 aliphatic rings. The van der Waals surface area contributed by atoms with Gasteiger partial charge in [-0.3, -0.25) is 0 Å². The minimum absolute atomic E-state index is 0.207. The molecular formula is C23H20N4O2S. The van der Waals surface area contributed by atoms with Gasteiger partial charge in [0.1, 0.15) is 16.7 Å². The van der Waals surface area contributed by atoms with Gasteiger partial charge in [0, 0.05) is 12.1 Å². The number of nitrogens with one attached hydrogen (secondary N) is 1. The van der Waals surface area contributed by atoms with Crippen molar-refractivity contribution in [3.8, 4) is 11.3 Å². The molecule has 0 fully saturated rings. The van der Waals surface area contributed by atoms with Gasteiger partial charge in [-0.15, -0.1) is 0 Å². The second-order valence-electron chi connectivity index (χ2n) is 6.51. The first-order chi connectivity index (χ1) is 14.7. The second-order valence-corrected chi connectivity index (χ2v) is 7.28. The minimum Gasteiger partial charge on any atom is -0.464 e. The molecule has 0 radical (unpaired) electrons. The second kappa shape index (κ2) is 8.92. The monoisotopic (exact) mass is 416 g/mol. The number of fused-ring (bicyclic) bond motifs is 1. The molecule has 2 heterocycles. The number of hydrogen-bond donors (Lipinski definition) is 1. The van der Waals surface area contributed by atoms with Gasteiger partial charge in [-0.05, 0) is 17.9 Å². The van der Waals surface area contributed by atoms with E-state index in [-0.39, 0.29) is 5.69 Å². The average molecular weight is 417 g/mol. The van der Waals surface area contributed by atoms with Gasteiger partial charge in [-0.2, -0.15) is 0 Å². The van der Waals surface area contributed by atoms with E-state index >= 15 is 0 Å². The van der Waals surface area contributed by atoms with E-state index in [2.05, 4.69) is 15.3 Å². The number of carbonyl (C=O) groups is 1. The first kappa shape index (κ1) is 19.8. The van der Waals surface area contributed by atoms with Gasteiger partial charge in [0.05, 0.1) is 12.8 Å². The summed E-state index contributed by atoms with van der Waals surface area (Å²) in [6.45, 7) is 0.583. The van der Waals surface area contributed by atoms with Crippen LogP contribution in [0.15, 0.2) is 71.9 Å². The molecule has 0 saturated heterocycles. The molecule has 0 amide bonds. The van der Waals surface area contributed by atoms with Crippen LogP contribution in [0.25, 0.3) is 22.3 Å². The lowest BCUT2D eigenvalue weighted by molar-refractivity contribution is 0.0594. The molecule has 0 saturated carbocycles. The summed E-state index contributed by atoms with van der Waals surface area (Å²) < 4.78 is 4.92. The summed E-state index contributed by atoms with van der Waals surface area (Å²) in [6, 6.07) is 21.5. The number of carbonyl (C=O) groups excluding carboxylic acids is 1. The molecule has 1 N–H and O–H groups in total. The Kier molecular flexibility index (Phi) is 5.90. The number of rotatable bonds is 6. The highest BCUT2D eigenvalue weighted by Gasteiger charge is 2.19. The lowest BCUT2D eigenvalue weighted by atomic mass is 10.1. The van der Waals surface area contributed by atoms with Crippen molar-refractivity contribution in [3.05, 3.63) is 78.0 Å². The van der Waals surface area contributed by atoms with Gasteiger partial charge < -0.3 is 10.1 Å². The van der Waals surface area contributed by atoms with Gasteiger partial charge in [0.25, 0.3) is 0 Å². The van der Waals surface area contributed by atoms with E-state index in [0.29, 0.717) is 34.1 Å². The number of methoxy groups -OCH3 is 1. The Morgan fingerprint density at radius 1 is 0.967 bits per heavy atom. The number of ether oxygens (including phenoxy) is 1. The fourth-order valence-corrected chi connectivity index (χ4v) is 3.48. The summed E-state index contributed by atoms with van der Waals surface area (Å²) in [4.78, 5) is 26.2. The van der Waals surface area contributed by atoms with Gasteiger partial charge in [0.15, 0.2) is 10.9 Å². The van der Waals surface area contributed by atoms with Crippen molar-refractivity contribution in [1.82, 2.24) is 15.0 Å². The number of aromatic nitrogens is 3. The first-order valence-electron chi connectivity index (χ1n) is 9.38. The van der Waals surface area contributed by atoms with E-state index in [4.69, 9.17) is 9.72 Å².